The predicted molar refractivity (Wildman–Crippen MR) is 77.4 cm³/mol. The molecule has 2 aromatic rings. The lowest BCUT2D eigenvalue weighted by molar-refractivity contribution is 0.0779. The number of methoxy groups -OCH3 is 1. The van der Waals surface area contributed by atoms with Crippen LogP contribution in [0.3, 0.4) is 0 Å². The van der Waals surface area contributed by atoms with Crippen LogP contribution in [0.4, 0.5) is 5.69 Å². The van der Waals surface area contributed by atoms with E-state index in [9.17, 15) is 4.79 Å². The van der Waals surface area contributed by atoms with E-state index in [0.29, 0.717) is 17.9 Å². The van der Waals surface area contributed by atoms with Crippen LogP contribution in [0.5, 0.6) is 5.75 Å². The topological polar surface area (TPSA) is 68.5 Å². The summed E-state index contributed by atoms with van der Waals surface area (Å²) in [6, 6.07) is 10.9. The Labute approximate surface area is 118 Å². The fourth-order valence-electron chi connectivity index (χ4n) is 1.84. The number of carbonyl (C=O) groups excluding carboxylic acids is 1. The molecule has 2 rings (SSSR count). The molecule has 0 atom stereocenters. The second kappa shape index (κ2) is 6.06. The summed E-state index contributed by atoms with van der Waals surface area (Å²) in [5.74, 6) is 0.627. The van der Waals surface area contributed by atoms with Gasteiger partial charge in [0.15, 0.2) is 0 Å². The molecule has 1 aromatic carbocycles. The fourth-order valence-corrected chi connectivity index (χ4v) is 1.84. The van der Waals surface area contributed by atoms with Crippen molar-refractivity contribution in [1.29, 1.82) is 0 Å². The van der Waals surface area contributed by atoms with E-state index in [1.807, 2.05) is 24.3 Å². The van der Waals surface area contributed by atoms with Gasteiger partial charge in [-0.25, -0.2) is 4.98 Å². The predicted octanol–water partition coefficient (Wildman–Crippen LogP) is 1.94. The van der Waals surface area contributed by atoms with Gasteiger partial charge in [0.2, 0.25) is 0 Å². The standard InChI is InChI=1S/C15H17N3O2/c1-18(10-11-4-3-5-13(8-11)20-2)15(19)14-7-6-12(16)9-17-14/h3-9H,10,16H2,1-2H3. The number of amides is 1. The van der Waals surface area contributed by atoms with Gasteiger partial charge in [0.1, 0.15) is 11.4 Å². The molecular formula is C15H17N3O2. The molecule has 0 fully saturated rings. The van der Waals surface area contributed by atoms with Crippen LogP contribution in [0.25, 0.3) is 0 Å². The molecule has 0 saturated carbocycles. The van der Waals surface area contributed by atoms with Crippen LogP contribution < -0.4 is 10.5 Å². The Morgan fingerprint density at radius 2 is 2.15 bits per heavy atom. The summed E-state index contributed by atoms with van der Waals surface area (Å²) in [7, 11) is 3.35. The second-order valence-electron chi connectivity index (χ2n) is 4.49. The van der Waals surface area contributed by atoms with Crippen molar-refractivity contribution in [2.75, 3.05) is 19.9 Å². The first-order chi connectivity index (χ1) is 9.60. The summed E-state index contributed by atoms with van der Waals surface area (Å²) in [5, 5.41) is 0. The molecule has 104 valence electrons. The Kier molecular flexibility index (Phi) is 4.20. The molecule has 20 heavy (non-hydrogen) atoms. The normalized spacial score (nSPS) is 10.1. The molecule has 0 aliphatic carbocycles. The SMILES string of the molecule is COc1cccc(CN(C)C(=O)c2ccc(N)cn2)c1. The maximum atomic E-state index is 12.2. The van der Waals surface area contributed by atoms with Crippen molar-refractivity contribution in [3.63, 3.8) is 0 Å². The molecule has 0 radical (unpaired) electrons. The van der Waals surface area contributed by atoms with E-state index in [-0.39, 0.29) is 5.91 Å². The number of benzene rings is 1. The van der Waals surface area contributed by atoms with Crippen molar-refractivity contribution in [2.45, 2.75) is 6.54 Å². The average molecular weight is 271 g/mol. The highest BCUT2D eigenvalue weighted by Crippen LogP contribution is 2.14. The summed E-state index contributed by atoms with van der Waals surface area (Å²) < 4.78 is 5.17. The van der Waals surface area contributed by atoms with Crippen LogP contribution in [0, 0.1) is 0 Å². The molecule has 2 N–H and O–H groups in total. The highest BCUT2D eigenvalue weighted by atomic mass is 16.5. The lowest BCUT2D eigenvalue weighted by Crippen LogP contribution is -2.27. The average Bonchev–Trinajstić information content (AvgIpc) is 2.47. The third-order valence-electron chi connectivity index (χ3n) is 2.91. The maximum absolute atomic E-state index is 12.2. The maximum Gasteiger partial charge on any atom is 0.272 e. The minimum Gasteiger partial charge on any atom is -0.497 e. The van der Waals surface area contributed by atoms with Crippen LogP contribution in [-0.2, 0) is 6.54 Å². The molecule has 5 nitrogen and oxygen atoms in total. The van der Waals surface area contributed by atoms with Gasteiger partial charge in [-0.05, 0) is 29.8 Å². The van der Waals surface area contributed by atoms with E-state index in [2.05, 4.69) is 4.98 Å². The first-order valence-electron chi connectivity index (χ1n) is 6.20. The van der Waals surface area contributed by atoms with Gasteiger partial charge >= 0.3 is 0 Å². The summed E-state index contributed by atoms with van der Waals surface area (Å²) in [4.78, 5) is 17.8. The largest absolute Gasteiger partial charge is 0.497 e. The number of hydrogen-bond acceptors (Lipinski definition) is 4. The Balaban J connectivity index is 2.09. The Hall–Kier alpha value is -2.56. The van der Waals surface area contributed by atoms with Crippen molar-refractivity contribution in [3.8, 4) is 5.75 Å². The lowest BCUT2D eigenvalue weighted by atomic mass is 10.2. The first kappa shape index (κ1) is 13.9. The van der Waals surface area contributed by atoms with Gasteiger partial charge in [0, 0.05) is 13.6 Å². The first-order valence-corrected chi connectivity index (χ1v) is 6.20. The van der Waals surface area contributed by atoms with Crippen molar-refractivity contribution < 1.29 is 9.53 Å². The van der Waals surface area contributed by atoms with Gasteiger partial charge in [0.05, 0.1) is 19.0 Å². The van der Waals surface area contributed by atoms with Crippen LogP contribution in [0.15, 0.2) is 42.6 Å². The zero-order valence-electron chi connectivity index (χ0n) is 11.5. The molecule has 0 saturated heterocycles. The number of nitrogens with zero attached hydrogens (tertiary/aromatic N) is 2. The van der Waals surface area contributed by atoms with Gasteiger partial charge in [0.25, 0.3) is 5.91 Å². The molecule has 0 unspecified atom stereocenters. The third kappa shape index (κ3) is 3.26. The van der Waals surface area contributed by atoms with Crippen LogP contribution in [-0.4, -0.2) is 29.9 Å². The van der Waals surface area contributed by atoms with E-state index in [1.165, 1.54) is 6.20 Å². The highest BCUT2D eigenvalue weighted by Gasteiger charge is 2.13. The number of aromatic nitrogens is 1. The van der Waals surface area contributed by atoms with Crippen LogP contribution >= 0.6 is 0 Å². The molecule has 0 bridgehead atoms. The highest BCUT2D eigenvalue weighted by molar-refractivity contribution is 5.92. The molecule has 0 aliphatic rings. The number of ether oxygens (including phenoxy) is 1. The molecule has 1 heterocycles. The number of nitrogens with two attached hydrogens (primary N) is 1. The Bertz CT molecular complexity index is 596. The Morgan fingerprint density at radius 1 is 1.35 bits per heavy atom. The minimum atomic E-state index is -0.146. The number of hydrogen-bond donors (Lipinski definition) is 1. The third-order valence-corrected chi connectivity index (χ3v) is 2.91. The molecular weight excluding hydrogens is 254 g/mol. The molecule has 1 aromatic heterocycles. The van der Waals surface area contributed by atoms with Crippen LogP contribution in [0.2, 0.25) is 0 Å². The minimum absolute atomic E-state index is 0.146. The van der Waals surface area contributed by atoms with Gasteiger partial charge in [-0.2, -0.15) is 0 Å². The summed E-state index contributed by atoms with van der Waals surface area (Å²) in [5.41, 5.74) is 7.47. The van der Waals surface area contributed by atoms with Crippen LogP contribution in [0.1, 0.15) is 16.1 Å². The van der Waals surface area contributed by atoms with Crippen molar-refractivity contribution in [2.24, 2.45) is 0 Å². The zero-order valence-corrected chi connectivity index (χ0v) is 11.5. The molecule has 0 spiro atoms. The quantitative estimate of drug-likeness (QED) is 0.922. The van der Waals surface area contributed by atoms with Gasteiger partial charge in [-0.3, -0.25) is 4.79 Å². The smallest absolute Gasteiger partial charge is 0.272 e. The molecule has 0 aliphatic heterocycles. The second-order valence-corrected chi connectivity index (χ2v) is 4.49. The molecule has 1 amide bonds. The van der Waals surface area contributed by atoms with Gasteiger partial charge in [-0.15, -0.1) is 0 Å². The summed E-state index contributed by atoms with van der Waals surface area (Å²) >= 11 is 0. The van der Waals surface area contributed by atoms with Crippen molar-refractivity contribution >= 4 is 11.6 Å². The van der Waals surface area contributed by atoms with Gasteiger partial charge < -0.3 is 15.4 Å². The van der Waals surface area contributed by atoms with E-state index in [0.717, 1.165) is 11.3 Å². The van der Waals surface area contributed by atoms with E-state index in [1.54, 1.807) is 31.2 Å². The van der Waals surface area contributed by atoms with Gasteiger partial charge in [-0.1, -0.05) is 12.1 Å². The number of rotatable bonds is 4. The van der Waals surface area contributed by atoms with E-state index < -0.39 is 0 Å². The number of anilines is 1. The summed E-state index contributed by atoms with van der Waals surface area (Å²) in [6.45, 7) is 0.488. The van der Waals surface area contributed by atoms with Crippen molar-refractivity contribution in [3.05, 3.63) is 53.9 Å². The van der Waals surface area contributed by atoms with Crippen molar-refractivity contribution in [1.82, 2.24) is 9.88 Å². The lowest BCUT2D eigenvalue weighted by Gasteiger charge is -2.17. The Morgan fingerprint density at radius 3 is 2.80 bits per heavy atom. The van der Waals surface area contributed by atoms with E-state index >= 15 is 0 Å². The number of carbonyl (C=O) groups is 1. The molecule has 5 heteroatoms. The zero-order chi connectivity index (χ0) is 14.5. The van der Waals surface area contributed by atoms with E-state index in [4.69, 9.17) is 10.5 Å². The summed E-state index contributed by atoms with van der Waals surface area (Å²) in [6.07, 6.45) is 1.48. The number of pyridine rings is 1. The monoisotopic (exact) mass is 271 g/mol. The fraction of sp³-hybridized carbons (Fsp3) is 0.200. The number of nitrogen functional groups attached to an aromatic ring is 1.